The Bertz CT molecular complexity index is 220. The van der Waals surface area contributed by atoms with E-state index in [0.717, 1.165) is 6.42 Å². The van der Waals surface area contributed by atoms with Crippen molar-refractivity contribution >= 4 is 11.9 Å². The van der Waals surface area contributed by atoms with Gasteiger partial charge in [-0.3, -0.25) is 4.79 Å². The molecule has 1 N–H and O–H groups in total. The molecule has 0 aromatic rings. The topological polar surface area (TPSA) is 73.9 Å². The number of carbonyl (C=O) groups excluding carboxylic acids is 2. The van der Waals surface area contributed by atoms with Crippen molar-refractivity contribution in [3.05, 3.63) is 0 Å². The predicted molar refractivity (Wildman–Crippen MR) is 62.0 cm³/mol. The maximum Gasteiger partial charge on any atom is 0.407 e. The highest BCUT2D eigenvalue weighted by molar-refractivity contribution is 5.76. The van der Waals surface area contributed by atoms with Crippen molar-refractivity contribution in [3.63, 3.8) is 0 Å². The summed E-state index contributed by atoms with van der Waals surface area (Å²) in [5.41, 5.74) is 0. The summed E-state index contributed by atoms with van der Waals surface area (Å²) in [5, 5.41) is 2.49. The van der Waals surface area contributed by atoms with Crippen molar-refractivity contribution in [1.29, 1.82) is 0 Å². The molecule has 0 unspecified atom stereocenters. The molecule has 0 heterocycles. The molecule has 0 aliphatic rings. The second kappa shape index (κ2) is 11.3. The lowest BCUT2D eigenvalue weighted by atomic mass is 10.5. The number of ketones is 1. The van der Waals surface area contributed by atoms with E-state index >= 15 is 0 Å². The molecule has 0 aliphatic carbocycles. The Morgan fingerprint density at radius 2 is 1.82 bits per heavy atom. The largest absolute Gasteiger partial charge is 0.447 e. The molecule has 0 rings (SSSR count). The zero-order chi connectivity index (χ0) is 12.9. The van der Waals surface area contributed by atoms with E-state index in [2.05, 4.69) is 5.32 Å². The molecule has 0 radical (unpaired) electrons. The van der Waals surface area contributed by atoms with Gasteiger partial charge >= 0.3 is 6.09 Å². The molecule has 17 heavy (non-hydrogen) atoms. The average Bonchev–Trinajstić information content (AvgIpc) is 2.28. The third-order valence-electron chi connectivity index (χ3n) is 1.63. The molecule has 0 saturated carbocycles. The van der Waals surface area contributed by atoms with Crippen LogP contribution < -0.4 is 5.32 Å². The van der Waals surface area contributed by atoms with Gasteiger partial charge in [0.05, 0.1) is 13.2 Å². The summed E-state index contributed by atoms with van der Waals surface area (Å²) in [6.45, 7) is 5.45. The first kappa shape index (κ1) is 15.9. The zero-order valence-corrected chi connectivity index (χ0v) is 10.5. The van der Waals surface area contributed by atoms with Crippen LogP contribution in [0.5, 0.6) is 0 Å². The van der Waals surface area contributed by atoms with Gasteiger partial charge in [-0.15, -0.1) is 0 Å². The summed E-state index contributed by atoms with van der Waals surface area (Å²) >= 11 is 0. The third-order valence-corrected chi connectivity index (χ3v) is 1.63. The van der Waals surface area contributed by atoms with Crippen molar-refractivity contribution in [2.24, 2.45) is 0 Å². The summed E-state index contributed by atoms with van der Waals surface area (Å²) in [5.74, 6) is -0.0411. The van der Waals surface area contributed by atoms with Crippen LogP contribution in [0.4, 0.5) is 4.79 Å². The molecule has 0 atom stereocenters. The second-order valence-corrected chi connectivity index (χ2v) is 3.43. The molecule has 0 saturated heterocycles. The summed E-state index contributed by atoms with van der Waals surface area (Å²) in [6, 6.07) is 0. The van der Waals surface area contributed by atoms with Crippen LogP contribution in [0.15, 0.2) is 0 Å². The zero-order valence-electron chi connectivity index (χ0n) is 10.5. The first-order chi connectivity index (χ1) is 8.16. The van der Waals surface area contributed by atoms with E-state index in [4.69, 9.17) is 14.2 Å². The van der Waals surface area contributed by atoms with E-state index in [0.29, 0.717) is 26.4 Å². The van der Waals surface area contributed by atoms with Gasteiger partial charge in [0.1, 0.15) is 13.2 Å². The molecule has 6 heteroatoms. The van der Waals surface area contributed by atoms with Crippen LogP contribution in [0.3, 0.4) is 0 Å². The molecule has 1 amide bonds. The van der Waals surface area contributed by atoms with Crippen molar-refractivity contribution < 1.29 is 23.8 Å². The van der Waals surface area contributed by atoms with Crippen LogP contribution in [0.2, 0.25) is 0 Å². The number of ether oxygens (including phenoxy) is 3. The van der Waals surface area contributed by atoms with Crippen LogP contribution in [0.1, 0.15) is 20.3 Å². The SMILES string of the molecule is CCCOCCOC(=O)NCCOCC(C)=O. The van der Waals surface area contributed by atoms with Gasteiger partial charge in [-0.2, -0.15) is 0 Å². The number of carbonyl (C=O) groups is 2. The first-order valence-corrected chi connectivity index (χ1v) is 5.72. The summed E-state index contributed by atoms with van der Waals surface area (Å²) in [7, 11) is 0. The monoisotopic (exact) mass is 247 g/mol. The molecule has 0 fully saturated rings. The summed E-state index contributed by atoms with van der Waals surface area (Å²) in [6.07, 6.45) is 0.441. The highest BCUT2D eigenvalue weighted by Gasteiger charge is 2.00. The summed E-state index contributed by atoms with van der Waals surface area (Å²) in [4.78, 5) is 21.6. The quantitative estimate of drug-likeness (QED) is 0.576. The minimum Gasteiger partial charge on any atom is -0.447 e. The number of rotatable bonds is 10. The van der Waals surface area contributed by atoms with Gasteiger partial charge in [0, 0.05) is 13.2 Å². The Labute approximate surface area is 102 Å². The molecule has 100 valence electrons. The van der Waals surface area contributed by atoms with Crippen molar-refractivity contribution in [3.8, 4) is 0 Å². The fourth-order valence-electron chi connectivity index (χ4n) is 0.932. The fraction of sp³-hybridized carbons (Fsp3) is 0.818. The predicted octanol–water partition coefficient (Wildman–Crippen LogP) is 0.745. The average molecular weight is 247 g/mol. The van der Waals surface area contributed by atoms with E-state index in [1.165, 1.54) is 6.92 Å². The van der Waals surface area contributed by atoms with Crippen molar-refractivity contribution in [2.75, 3.05) is 39.6 Å². The number of nitrogens with one attached hydrogen (secondary N) is 1. The van der Waals surface area contributed by atoms with E-state index in [-0.39, 0.29) is 19.0 Å². The lowest BCUT2D eigenvalue weighted by Gasteiger charge is -2.07. The number of alkyl carbamates (subject to hydrolysis) is 1. The Kier molecular flexibility index (Phi) is 10.6. The van der Waals surface area contributed by atoms with Crippen LogP contribution in [0, 0.1) is 0 Å². The van der Waals surface area contributed by atoms with Gasteiger partial charge < -0.3 is 19.5 Å². The maximum atomic E-state index is 11.1. The molecule has 0 spiro atoms. The third kappa shape index (κ3) is 12.8. The normalized spacial score (nSPS) is 10.0. The van der Waals surface area contributed by atoms with Gasteiger partial charge in [-0.1, -0.05) is 6.92 Å². The van der Waals surface area contributed by atoms with Gasteiger partial charge in [0.2, 0.25) is 0 Å². The molecular formula is C11H21NO5. The van der Waals surface area contributed by atoms with Gasteiger partial charge in [-0.05, 0) is 13.3 Å². The molecule has 0 aromatic carbocycles. The van der Waals surface area contributed by atoms with E-state index in [1.54, 1.807) is 0 Å². The summed E-state index contributed by atoms with van der Waals surface area (Å²) < 4.78 is 14.9. The molecule has 0 aliphatic heterocycles. The number of Topliss-reactive ketones (excluding diaryl/α,β-unsaturated/α-hetero) is 1. The number of hydrogen-bond acceptors (Lipinski definition) is 5. The highest BCUT2D eigenvalue weighted by atomic mass is 16.6. The molecule has 6 nitrogen and oxygen atoms in total. The van der Waals surface area contributed by atoms with Crippen molar-refractivity contribution in [2.45, 2.75) is 20.3 Å². The molecular weight excluding hydrogens is 226 g/mol. The van der Waals surface area contributed by atoms with Crippen LogP contribution >= 0.6 is 0 Å². The van der Waals surface area contributed by atoms with Crippen molar-refractivity contribution in [1.82, 2.24) is 5.32 Å². The van der Waals surface area contributed by atoms with Crippen LogP contribution in [-0.2, 0) is 19.0 Å². The molecule has 0 bridgehead atoms. The minimum absolute atomic E-state index is 0.0411. The Hall–Kier alpha value is -1.14. The smallest absolute Gasteiger partial charge is 0.407 e. The standard InChI is InChI=1S/C11H21NO5/c1-3-5-15-7-8-17-11(14)12-4-6-16-9-10(2)13/h3-9H2,1-2H3,(H,12,14). The van der Waals surface area contributed by atoms with E-state index in [9.17, 15) is 9.59 Å². The number of hydrogen-bond donors (Lipinski definition) is 1. The van der Waals surface area contributed by atoms with Gasteiger partial charge in [0.25, 0.3) is 0 Å². The minimum atomic E-state index is -0.503. The molecule has 0 aromatic heterocycles. The fourth-order valence-corrected chi connectivity index (χ4v) is 0.932. The van der Waals surface area contributed by atoms with Gasteiger partial charge in [-0.25, -0.2) is 4.79 Å². The highest BCUT2D eigenvalue weighted by Crippen LogP contribution is 1.83. The van der Waals surface area contributed by atoms with E-state index in [1.807, 2.05) is 6.92 Å². The second-order valence-electron chi connectivity index (χ2n) is 3.43. The first-order valence-electron chi connectivity index (χ1n) is 5.72. The lowest BCUT2D eigenvalue weighted by Crippen LogP contribution is -2.29. The Morgan fingerprint density at radius 3 is 2.47 bits per heavy atom. The Balaban J connectivity index is 3.20. The van der Waals surface area contributed by atoms with Gasteiger partial charge in [0.15, 0.2) is 5.78 Å². The van der Waals surface area contributed by atoms with E-state index < -0.39 is 6.09 Å². The number of amides is 1. The van der Waals surface area contributed by atoms with Crippen LogP contribution in [-0.4, -0.2) is 51.5 Å². The van der Waals surface area contributed by atoms with Crippen LogP contribution in [0.25, 0.3) is 0 Å². The lowest BCUT2D eigenvalue weighted by molar-refractivity contribution is -0.121. The maximum absolute atomic E-state index is 11.1. The Morgan fingerprint density at radius 1 is 1.06 bits per heavy atom.